The SMILES string of the molecule is CCc1cccc(C)c1N(CCC(=O)N(CC)c1ccccc1)C(C)=O. The van der Waals surface area contributed by atoms with Gasteiger partial charge in [0.25, 0.3) is 0 Å². The molecule has 0 heterocycles. The number of carbonyl (C=O) groups excluding carboxylic acids is 2. The Labute approximate surface area is 156 Å². The maximum atomic E-state index is 12.8. The third-order valence-corrected chi connectivity index (χ3v) is 4.59. The monoisotopic (exact) mass is 352 g/mol. The molecule has 0 fully saturated rings. The van der Waals surface area contributed by atoms with Crippen molar-refractivity contribution in [2.75, 3.05) is 22.9 Å². The van der Waals surface area contributed by atoms with Crippen molar-refractivity contribution in [1.29, 1.82) is 0 Å². The molecule has 2 aromatic rings. The van der Waals surface area contributed by atoms with Crippen molar-refractivity contribution in [1.82, 2.24) is 0 Å². The van der Waals surface area contributed by atoms with E-state index in [1.165, 1.54) is 0 Å². The Kier molecular flexibility index (Phi) is 6.96. The standard InChI is InChI=1S/C22H28N2O2/c1-5-19-12-10-11-17(3)22(19)24(18(4)25)16-15-21(26)23(6-2)20-13-8-7-9-14-20/h7-14H,5-6,15-16H2,1-4H3. The predicted molar refractivity (Wildman–Crippen MR) is 108 cm³/mol. The van der Waals surface area contributed by atoms with Crippen LogP contribution in [0, 0.1) is 6.92 Å². The summed E-state index contributed by atoms with van der Waals surface area (Å²) in [7, 11) is 0. The van der Waals surface area contributed by atoms with Gasteiger partial charge in [0, 0.05) is 37.8 Å². The Hall–Kier alpha value is -2.62. The molecule has 4 nitrogen and oxygen atoms in total. The molecule has 0 bridgehead atoms. The first-order valence-electron chi connectivity index (χ1n) is 9.21. The van der Waals surface area contributed by atoms with E-state index in [0.29, 0.717) is 19.5 Å². The number of amides is 2. The smallest absolute Gasteiger partial charge is 0.228 e. The second kappa shape index (κ2) is 9.18. The summed E-state index contributed by atoms with van der Waals surface area (Å²) >= 11 is 0. The van der Waals surface area contributed by atoms with Gasteiger partial charge >= 0.3 is 0 Å². The lowest BCUT2D eigenvalue weighted by molar-refractivity contribution is -0.118. The van der Waals surface area contributed by atoms with Crippen LogP contribution in [0.2, 0.25) is 0 Å². The lowest BCUT2D eigenvalue weighted by Gasteiger charge is -2.27. The quantitative estimate of drug-likeness (QED) is 0.743. The minimum absolute atomic E-state index is 0.0246. The van der Waals surface area contributed by atoms with Gasteiger partial charge in [-0.3, -0.25) is 9.59 Å². The van der Waals surface area contributed by atoms with Gasteiger partial charge in [-0.1, -0.05) is 43.3 Å². The summed E-state index contributed by atoms with van der Waals surface area (Å²) < 4.78 is 0. The first kappa shape index (κ1) is 19.7. The van der Waals surface area contributed by atoms with Gasteiger partial charge < -0.3 is 9.80 Å². The van der Waals surface area contributed by atoms with Gasteiger partial charge in [0.15, 0.2) is 0 Å². The van der Waals surface area contributed by atoms with Crippen LogP contribution in [0.15, 0.2) is 48.5 Å². The van der Waals surface area contributed by atoms with E-state index in [4.69, 9.17) is 0 Å². The molecule has 2 aromatic carbocycles. The molecule has 138 valence electrons. The van der Waals surface area contributed by atoms with Crippen LogP contribution < -0.4 is 9.80 Å². The van der Waals surface area contributed by atoms with Crippen LogP contribution in [-0.4, -0.2) is 24.9 Å². The fourth-order valence-corrected chi connectivity index (χ4v) is 3.27. The van der Waals surface area contributed by atoms with Crippen LogP contribution in [0.1, 0.15) is 38.3 Å². The Bertz CT molecular complexity index is 756. The topological polar surface area (TPSA) is 40.6 Å². The van der Waals surface area contributed by atoms with E-state index < -0.39 is 0 Å². The van der Waals surface area contributed by atoms with E-state index in [-0.39, 0.29) is 11.8 Å². The molecule has 0 unspecified atom stereocenters. The highest BCUT2D eigenvalue weighted by atomic mass is 16.2. The fraction of sp³-hybridized carbons (Fsp3) is 0.364. The van der Waals surface area contributed by atoms with Crippen LogP contribution in [0.3, 0.4) is 0 Å². The first-order chi connectivity index (χ1) is 12.5. The predicted octanol–water partition coefficient (Wildman–Crippen LogP) is 4.35. The van der Waals surface area contributed by atoms with Gasteiger partial charge in [0.05, 0.1) is 0 Å². The maximum absolute atomic E-state index is 12.8. The fourth-order valence-electron chi connectivity index (χ4n) is 3.27. The third kappa shape index (κ3) is 4.51. The second-order valence-corrected chi connectivity index (χ2v) is 6.33. The highest BCUT2D eigenvalue weighted by Crippen LogP contribution is 2.26. The Morgan fingerprint density at radius 2 is 1.62 bits per heavy atom. The summed E-state index contributed by atoms with van der Waals surface area (Å²) in [5, 5.41) is 0. The molecule has 0 atom stereocenters. The van der Waals surface area contributed by atoms with Crippen molar-refractivity contribution < 1.29 is 9.59 Å². The van der Waals surface area contributed by atoms with E-state index in [0.717, 1.165) is 28.9 Å². The number of benzene rings is 2. The summed E-state index contributed by atoms with van der Waals surface area (Å²) in [6.07, 6.45) is 1.14. The molecule has 0 saturated carbocycles. The number of rotatable bonds is 7. The number of para-hydroxylation sites is 2. The lowest BCUT2D eigenvalue weighted by Crippen LogP contribution is -2.37. The summed E-state index contributed by atoms with van der Waals surface area (Å²) in [4.78, 5) is 28.5. The van der Waals surface area contributed by atoms with Gasteiger partial charge in [-0.15, -0.1) is 0 Å². The number of aryl methyl sites for hydroxylation is 2. The zero-order valence-electron chi connectivity index (χ0n) is 16.2. The average molecular weight is 352 g/mol. The molecule has 0 spiro atoms. The number of hydrogen-bond acceptors (Lipinski definition) is 2. The summed E-state index contributed by atoms with van der Waals surface area (Å²) in [6.45, 7) is 8.60. The molecule has 2 amide bonds. The number of anilines is 2. The Morgan fingerprint density at radius 3 is 2.19 bits per heavy atom. The Balaban J connectivity index is 2.19. The van der Waals surface area contributed by atoms with Crippen molar-refractivity contribution in [2.24, 2.45) is 0 Å². The highest BCUT2D eigenvalue weighted by molar-refractivity contribution is 5.96. The molecular weight excluding hydrogens is 324 g/mol. The van der Waals surface area contributed by atoms with E-state index in [9.17, 15) is 9.59 Å². The third-order valence-electron chi connectivity index (χ3n) is 4.59. The molecule has 0 aliphatic heterocycles. The lowest BCUT2D eigenvalue weighted by atomic mass is 10.0. The minimum Gasteiger partial charge on any atom is -0.313 e. The summed E-state index contributed by atoms with van der Waals surface area (Å²) in [6, 6.07) is 15.7. The minimum atomic E-state index is -0.0374. The van der Waals surface area contributed by atoms with E-state index >= 15 is 0 Å². The van der Waals surface area contributed by atoms with Gasteiger partial charge in [-0.2, -0.15) is 0 Å². The van der Waals surface area contributed by atoms with Gasteiger partial charge in [-0.25, -0.2) is 0 Å². The largest absolute Gasteiger partial charge is 0.313 e. The van der Waals surface area contributed by atoms with Crippen LogP contribution in [-0.2, 0) is 16.0 Å². The average Bonchev–Trinajstić information content (AvgIpc) is 2.64. The molecule has 0 radical (unpaired) electrons. The summed E-state index contributed by atoms with van der Waals surface area (Å²) in [5.74, 6) is -0.0128. The number of carbonyl (C=O) groups is 2. The van der Waals surface area contributed by atoms with Crippen LogP contribution in [0.25, 0.3) is 0 Å². The van der Waals surface area contributed by atoms with Crippen LogP contribution >= 0.6 is 0 Å². The number of hydrogen-bond donors (Lipinski definition) is 0. The van der Waals surface area contributed by atoms with Gasteiger partial charge in [0.1, 0.15) is 0 Å². The molecular formula is C22H28N2O2. The molecule has 0 aromatic heterocycles. The number of nitrogens with zero attached hydrogens (tertiary/aromatic N) is 2. The van der Waals surface area contributed by atoms with E-state index in [1.807, 2.05) is 62.4 Å². The molecule has 4 heteroatoms. The molecule has 0 saturated heterocycles. The Morgan fingerprint density at radius 1 is 0.923 bits per heavy atom. The molecule has 0 N–H and O–H groups in total. The molecule has 2 rings (SSSR count). The van der Waals surface area contributed by atoms with Crippen molar-refractivity contribution in [2.45, 2.75) is 40.5 Å². The zero-order valence-corrected chi connectivity index (χ0v) is 16.2. The second-order valence-electron chi connectivity index (χ2n) is 6.33. The molecule has 0 aliphatic carbocycles. The highest BCUT2D eigenvalue weighted by Gasteiger charge is 2.20. The van der Waals surface area contributed by atoms with Crippen LogP contribution in [0.5, 0.6) is 0 Å². The molecule has 26 heavy (non-hydrogen) atoms. The van der Waals surface area contributed by atoms with Crippen LogP contribution in [0.4, 0.5) is 11.4 Å². The molecule has 0 aliphatic rings. The van der Waals surface area contributed by atoms with Crippen molar-refractivity contribution >= 4 is 23.2 Å². The van der Waals surface area contributed by atoms with Crippen molar-refractivity contribution in [3.8, 4) is 0 Å². The first-order valence-corrected chi connectivity index (χ1v) is 9.21. The van der Waals surface area contributed by atoms with Gasteiger partial charge in [-0.05, 0) is 43.5 Å². The zero-order chi connectivity index (χ0) is 19.1. The van der Waals surface area contributed by atoms with Crippen molar-refractivity contribution in [3.05, 3.63) is 59.7 Å². The normalized spacial score (nSPS) is 10.5. The summed E-state index contributed by atoms with van der Waals surface area (Å²) in [5.41, 5.74) is 4.02. The van der Waals surface area contributed by atoms with E-state index in [1.54, 1.807) is 16.7 Å². The van der Waals surface area contributed by atoms with Crippen molar-refractivity contribution in [3.63, 3.8) is 0 Å². The maximum Gasteiger partial charge on any atom is 0.228 e. The van der Waals surface area contributed by atoms with Gasteiger partial charge in [0.2, 0.25) is 11.8 Å². The van der Waals surface area contributed by atoms with E-state index in [2.05, 4.69) is 6.92 Å².